The number of carbonyl (C=O) groups is 1. The van der Waals surface area contributed by atoms with Crippen molar-refractivity contribution < 1.29 is 23.1 Å². The van der Waals surface area contributed by atoms with E-state index in [1.807, 2.05) is 0 Å². The lowest BCUT2D eigenvalue weighted by Crippen LogP contribution is -2.55. The van der Waals surface area contributed by atoms with Crippen LogP contribution < -0.4 is 0 Å². The summed E-state index contributed by atoms with van der Waals surface area (Å²) in [6.07, 6.45) is -1.32. The SMILES string of the molecule is O=C(Cc1cccc(C(F)(F)F)c1)N1CCN(CC2CC2)C(CCO)C1. The van der Waals surface area contributed by atoms with E-state index in [0.717, 1.165) is 31.1 Å². The summed E-state index contributed by atoms with van der Waals surface area (Å²) in [5.74, 6) is 0.585. The van der Waals surface area contributed by atoms with Crippen LogP contribution in [0.15, 0.2) is 24.3 Å². The Kier molecular flexibility index (Phi) is 5.87. The molecule has 1 saturated carbocycles. The van der Waals surface area contributed by atoms with E-state index < -0.39 is 11.7 Å². The van der Waals surface area contributed by atoms with Gasteiger partial charge in [-0.2, -0.15) is 13.2 Å². The fourth-order valence-corrected chi connectivity index (χ4v) is 3.56. The van der Waals surface area contributed by atoms with E-state index in [1.165, 1.54) is 18.9 Å². The second-order valence-corrected chi connectivity index (χ2v) is 7.32. The Morgan fingerprint density at radius 1 is 1.23 bits per heavy atom. The van der Waals surface area contributed by atoms with Crippen LogP contribution in [0.3, 0.4) is 0 Å². The third kappa shape index (κ3) is 4.98. The maximum Gasteiger partial charge on any atom is 0.416 e. The van der Waals surface area contributed by atoms with Crippen molar-refractivity contribution in [2.45, 2.75) is 37.9 Å². The van der Waals surface area contributed by atoms with Crippen LogP contribution in [-0.2, 0) is 17.4 Å². The number of piperazine rings is 1. The van der Waals surface area contributed by atoms with Gasteiger partial charge in [0.2, 0.25) is 5.91 Å². The van der Waals surface area contributed by atoms with Gasteiger partial charge in [-0.15, -0.1) is 0 Å². The van der Waals surface area contributed by atoms with Crippen LogP contribution in [0.5, 0.6) is 0 Å². The molecule has 3 rings (SSSR count). The monoisotopic (exact) mass is 370 g/mol. The van der Waals surface area contributed by atoms with E-state index in [2.05, 4.69) is 4.90 Å². The van der Waals surface area contributed by atoms with Gasteiger partial charge in [0, 0.05) is 38.8 Å². The first-order valence-electron chi connectivity index (χ1n) is 9.15. The Morgan fingerprint density at radius 2 is 2.00 bits per heavy atom. The average Bonchev–Trinajstić information content (AvgIpc) is 3.40. The van der Waals surface area contributed by atoms with Crippen LogP contribution in [0.1, 0.15) is 30.4 Å². The molecule has 2 fully saturated rings. The third-order valence-electron chi connectivity index (χ3n) is 5.22. The zero-order valence-corrected chi connectivity index (χ0v) is 14.7. The highest BCUT2D eigenvalue weighted by molar-refractivity contribution is 5.79. The molecule has 1 N–H and O–H groups in total. The summed E-state index contributed by atoms with van der Waals surface area (Å²) < 4.78 is 38.5. The third-order valence-corrected chi connectivity index (χ3v) is 5.22. The van der Waals surface area contributed by atoms with Crippen molar-refractivity contribution in [2.24, 2.45) is 5.92 Å². The Bertz CT molecular complexity index is 631. The van der Waals surface area contributed by atoms with Crippen molar-refractivity contribution in [1.82, 2.24) is 9.80 Å². The number of hydrogen-bond acceptors (Lipinski definition) is 3. The Morgan fingerprint density at radius 3 is 2.65 bits per heavy atom. The number of benzene rings is 1. The predicted molar refractivity (Wildman–Crippen MR) is 91.5 cm³/mol. The van der Waals surface area contributed by atoms with Gasteiger partial charge in [0.05, 0.1) is 12.0 Å². The van der Waals surface area contributed by atoms with Crippen LogP contribution in [0, 0.1) is 5.92 Å². The molecule has 1 unspecified atom stereocenters. The van der Waals surface area contributed by atoms with Gasteiger partial charge >= 0.3 is 6.18 Å². The molecule has 1 aliphatic carbocycles. The van der Waals surface area contributed by atoms with E-state index in [4.69, 9.17) is 0 Å². The molecule has 1 aliphatic heterocycles. The number of alkyl halides is 3. The van der Waals surface area contributed by atoms with Crippen LogP contribution in [0.4, 0.5) is 13.2 Å². The minimum absolute atomic E-state index is 0.0294. The van der Waals surface area contributed by atoms with E-state index in [0.29, 0.717) is 25.1 Å². The topological polar surface area (TPSA) is 43.8 Å². The molecule has 0 bridgehead atoms. The zero-order chi connectivity index (χ0) is 18.7. The average molecular weight is 370 g/mol. The van der Waals surface area contributed by atoms with E-state index in [9.17, 15) is 23.1 Å². The van der Waals surface area contributed by atoms with Gasteiger partial charge < -0.3 is 10.0 Å². The molecule has 7 heteroatoms. The lowest BCUT2D eigenvalue weighted by Gasteiger charge is -2.41. The maximum atomic E-state index is 12.8. The van der Waals surface area contributed by atoms with Crippen molar-refractivity contribution in [3.63, 3.8) is 0 Å². The summed E-state index contributed by atoms with van der Waals surface area (Å²) in [7, 11) is 0. The molecule has 0 aromatic heterocycles. The molecule has 0 radical (unpaired) electrons. The summed E-state index contributed by atoms with van der Waals surface area (Å²) in [6, 6.07) is 5.09. The number of hydrogen-bond donors (Lipinski definition) is 1. The molecule has 1 aromatic carbocycles. The van der Waals surface area contributed by atoms with Gasteiger partial charge in [0.25, 0.3) is 0 Å². The number of carbonyl (C=O) groups excluding carboxylic acids is 1. The second kappa shape index (κ2) is 7.96. The molecule has 144 valence electrons. The molecule has 0 spiro atoms. The quantitative estimate of drug-likeness (QED) is 0.837. The standard InChI is InChI=1S/C19H25F3N2O2/c20-19(21,22)16-3-1-2-15(10-16)11-18(26)24-8-7-23(12-14-4-5-14)17(13-24)6-9-25/h1-3,10,14,17,25H,4-9,11-13H2. The van der Waals surface area contributed by atoms with Crippen LogP contribution in [0.25, 0.3) is 0 Å². The van der Waals surface area contributed by atoms with Crippen molar-refractivity contribution in [2.75, 3.05) is 32.8 Å². The largest absolute Gasteiger partial charge is 0.416 e. The number of amides is 1. The van der Waals surface area contributed by atoms with Crippen molar-refractivity contribution in [3.8, 4) is 0 Å². The van der Waals surface area contributed by atoms with E-state index in [-0.39, 0.29) is 25.0 Å². The fourth-order valence-electron chi connectivity index (χ4n) is 3.56. The summed E-state index contributed by atoms with van der Waals surface area (Å²) in [5, 5.41) is 9.32. The minimum Gasteiger partial charge on any atom is -0.396 e. The highest BCUT2D eigenvalue weighted by Crippen LogP contribution is 2.32. The lowest BCUT2D eigenvalue weighted by molar-refractivity contribution is -0.138. The van der Waals surface area contributed by atoms with Gasteiger partial charge in [-0.05, 0) is 36.8 Å². The van der Waals surface area contributed by atoms with Crippen molar-refractivity contribution >= 4 is 5.91 Å². The normalized spacial score (nSPS) is 21.8. The zero-order valence-electron chi connectivity index (χ0n) is 14.7. The molecule has 26 heavy (non-hydrogen) atoms. The predicted octanol–water partition coefficient (Wildman–Crippen LogP) is 2.55. The van der Waals surface area contributed by atoms with Crippen LogP contribution in [-0.4, -0.2) is 59.6 Å². The molecule has 1 aromatic rings. The van der Waals surface area contributed by atoms with Crippen molar-refractivity contribution in [3.05, 3.63) is 35.4 Å². The first kappa shape index (κ1) is 19.2. The van der Waals surface area contributed by atoms with Crippen LogP contribution >= 0.6 is 0 Å². The molecule has 1 saturated heterocycles. The Balaban J connectivity index is 1.61. The summed E-state index contributed by atoms with van der Waals surface area (Å²) in [5.41, 5.74) is -0.348. The van der Waals surface area contributed by atoms with Gasteiger partial charge in [0.15, 0.2) is 0 Å². The highest BCUT2D eigenvalue weighted by Gasteiger charge is 2.34. The van der Waals surface area contributed by atoms with Crippen molar-refractivity contribution in [1.29, 1.82) is 0 Å². The van der Waals surface area contributed by atoms with E-state index in [1.54, 1.807) is 11.0 Å². The first-order chi connectivity index (χ1) is 12.4. The van der Waals surface area contributed by atoms with Crippen LogP contribution in [0.2, 0.25) is 0 Å². The van der Waals surface area contributed by atoms with Gasteiger partial charge in [-0.25, -0.2) is 0 Å². The molecular weight excluding hydrogens is 345 g/mol. The number of rotatable bonds is 6. The number of aliphatic hydroxyl groups excluding tert-OH is 1. The molecule has 2 aliphatic rings. The molecule has 1 amide bonds. The molecule has 1 atom stereocenters. The summed E-state index contributed by atoms with van der Waals surface area (Å²) >= 11 is 0. The molecule has 1 heterocycles. The van der Waals surface area contributed by atoms with E-state index >= 15 is 0 Å². The minimum atomic E-state index is -4.40. The van der Waals surface area contributed by atoms with Gasteiger partial charge in [-0.3, -0.25) is 9.69 Å². The Hall–Kier alpha value is -1.60. The summed E-state index contributed by atoms with van der Waals surface area (Å²) in [6.45, 7) is 2.97. The lowest BCUT2D eigenvalue weighted by atomic mass is 10.0. The molecular formula is C19H25F3N2O2. The molecule has 4 nitrogen and oxygen atoms in total. The highest BCUT2D eigenvalue weighted by atomic mass is 19.4. The Labute approximate surface area is 151 Å². The second-order valence-electron chi connectivity index (χ2n) is 7.32. The fraction of sp³-hybridized carbons (Fsp3) is 0.632. The number of nitrogens with zero attached hydrogens (tertiary/aromatic N) is 2. The first-order valence-corrected chi connectivity index (χ1v) is 9.15. The summed E-state index contributed by atoms with van der Waals surface area (Å²) in [4.78, 5) is 16.7. The van der Waals surface area contributed by atoms with Gasteiger partial charge in [0.1, 0.15) is 0 Å². The van der Waals surface area contributed by atoms with Gasteiger partial charge in [-0.1, -0.05) is 18.2 Å². The number of aliphatic hydroxyl groups is 1. The maximum absolute atomic E-state index is 12.8. The number of halogens is 3. The smallest absolute Gasteiger partial charge is 0.396 e.